The lowest BCUT2D eigenvalue weighted by molar-refractivity contribution is -0.137. The summed E-state index contributed by atoms with van der Waals surface area (Å²) in [5.41, 5.74) is 2.57. The first-order valence-corrected chi connectivity index (χ1v) is 9.77. The SMILES string of the molecule is Cc1cccc(N(C)C(=O)[C@H]2Cc3cnccc3N2c2cc(C(F)(F)F)cc(C)n2)c1. The van der Waals surface area contributed by atoms with Gasteiger partial charge in [-0.15, -0.1) is 0 Å². The predicted molar refractivity (Wildman–Crippen MR) is 112 cm³/mol. The summed E-state index contributed by atoms with van der Waals surface area (Å²) in [5.74, 6) is -0.146. The van der Waals surface area contributed by atoms with Crippen molar-refractivity contribution in [3.63, 3.8) is 0 Å². The van der Waals surface area contributed by atoms with E-state index in [-0.39, 0.29) is 17.4 Å². The highest BCUT2D eigenvalue weighted by molar-refractivity contribution is 6.01. The maximum absolute atomic E-state index is 13.5. The Morgan fingerprint density at radius 3 is 2.65 bits per heavy atom. The van der Waals surface area contributed by atoms with Crippen LogP contribution in [0.2, 0.25) is 0 Å². The van der Waals surface area contributed by atoms with Crippen LogP contribution in [0.3, 0.4) is 0 Å². The number of nitrogens with zero attached hydrogens (tertiary/aromatic N) is 4. The van der Waals surface area contributed by atoms with E-state index in [1.54, 1.807) is 30.4 Å². The van der Waals surface area contributed by atoms with Gasteiger partial charge in [0, 0.05) is 42.9 Å². The van der Waals surface area contributed by atoms with Crippen LogP contribution in [-0.2, 0) is 17.4 Å². The molecule has 0 aliphatic carbocycles. The Balaban J connectivity index is 1.78. The number of pyridine rings is 2. The minimum absolute atomic E-state index is 0.0910. The molecule has 3 heterocycles. The summed E-state index contributed by atoms with van der Waals surface area (Å²) in [6.45, 7) is 3.44. The summed E-state index contributed by atoms with van der Waals surface area (Å²) in [7, 11) is 1.67. The molecule has 3 aromatic rings. The van der Waals surface area contributed by atoms with Crippen LogP contribution >= 0.6 is 0 Å². The Kier molecular flexibility index (Phi) is 5.16. The molecular weight excluding hydrogens is 405 g/mol. The van der Waals surface area contributed by atoms with Crippen molar-refractivity contribution in [1.82, 2.24) is 9.97 Å². The number of fused-ring (bicyclic) bond motifs is 1. The standard InChI is InChI=1S/C23H21F3N4O/c1-14-5-4-6-18(9-14)29(3)22(31)20-11-16-13-27-8-7-19(16)30(20)21-12-17(23(24,25)26)10-15(2)28-21/h4-10,12-13,20H,11H2,1-3H3/t20-/m1/s1. The van der Waals surface area contributed by atoms with Gasteiger partial charge in [-0.2, -0.15) is 13.2 Å². The number of carbonyl (C=O) groups excluding carboxylic acids is 1. The third kappa shape index (κ3) is 3.97. The number of aryl methyl sites for hydroxylation is 2. The number of hydrogen-bond acceptors (Lipinski definition) is 4. The summed E-state index contributed by atoms with van der Waals surface area (Å²) >= 11 is 0. The number of rotatable bonds is 3. The Hall–Kier alpha value is -3.42. The van der Waals surface area contributed by atoms with Crippen molar-refractivity contribution in [3.8, 4) is 0 Å². The van der Waals surface area contributed by atoms with Gasteiger partial charge < -0.3 is 9.80 Å². The second-order valence-electron chi connectivity index (χ2n) is 7.68. The molecule has 0 fully saturated rings. The molecule has 1 aromatic carbocycles. The van der Waals surface area contributed by atoms with Crippen LogP contribution in [-0.4, -0.2) is 29.0 Å². The quantitative estimate of drug-likeness (QED) is 0.602. The van der Waals surface area contributed by atoms with Crippen LogP contribution in [0.5, 0.6) is 0 Å². The summed E-state index contributed by atoms with van der Waals surface area (Å²) in [5, 5.41) is 0. The number of benzene rings is 1. The van der Waals surface area contributed by atoms with Crippen molar-refractivity contribution < 1.29 is 18.0 Å². The third-order valence-corrected chi connectivity index (χ3v) is 5.38. The number of halogens is 3. The second kappa shape index (κ2) is 7.68. The van der Waals surface area contributed by atoms with E-state index >= 15 is 0 Å². The highest BCUT2D eigenvalue weighted by Crippen LogP contribution is 2.40. The van der Waals surface area contributed by atoms with Gasteiger partial charge in [0.05, 0.1) is 5.56 Å². The zero-order valence-corrected chi connectivity index (χ0v) is 17.3. The molecule has 5 nitrogen and oxygen atoms in total. The first-order valence-electron chi connectivity index (χ1n) is 9.77. The normalized spacial score (nSPS) is 15.7. The molecule has 0 bridgehead atoms. The summed E-state index contributed by atoms with van der Waals surface area (Å²) in [6, 6.07) is 10.5. The lowest BCUT2D eigenvalue weighted by Gasteiger charge is -2.30. The van der Waals surface area contributed by atoms with E-state index in [2.05, 4.69) is 9.97 Å². The van der Waals surface area contributed by atoms with Crippen LogP contribution in [0.4, 0.5) is 30.4 Å². The second-order valence-corrected chi connectivity index (χ2v) is 7.68. The highest BCUT2D eigenvalue weighted by atomic mass is 19.4. The van der Waals surface area contributed by atoms with Gasteiger partial charge in [-0.25, -0.2) is 4.98 Å². The van der Waals surface area contributed by atoms with E-state index in [9.17, 15) is 18.0 Å². The van der Waals surface area contributed by atoms with Gasteiger partial charge >= 0.3 is 6.18 Å². The molecule has 31 heavy (non-hydrogen) atoms. The molecule has 0 saturated carbocycles. The molecule has 1 aliphatic rings. The molecule has 8 heteroatoms. The van der Waals surface area contributed by atoms with E-state index in [1.807, 2.05) is 31.2 Å². The molecule has 0 radical (unpaired) electrons. The number of likely N-dealkylation sites (N-methyl/N-ethyl adjacent to an activating group) is 1. The highest BCUT2D eigenvalue weighted by Gasteiger charge is 2.39. The maximum atomic E-state index is 13.5. The van der Waals surface area contributed by atoms with Crippen molar-refractivity contribution in [2.75, 3.05) is 16.8 Å². The lowest BCUT2D eigenvalue weighted by atomic mass is 10.1. The van der Waals surface area contributed by atoms with Crippen molar-refractivity contribution in [3.05, 3.63) is 77.2 Å². The fraction of sp³-hybridized carbons (Fsp3) is 0.261. The van der Waals surface area contributed by atoms with E-state index < -0.39 is 17.8 Å². The van der Waals surface area contributed by atoms with Crippen LogP contribution in [0, 0.1) is 13.8 Å². The molecule has 0 saturated heterocycles. The van der Waals surface area contributed by atoms with Gasteiger partial charge in [0.25, 0.3) is 0 Å². The van der Waals surface area contributed by atoms with Gasteiger partial charge in [-0.05, 0) is 55.3 Å². The molecule has 2 aromatic heterocycles. The number of aromatic nitrogens is 2. The molecular formula is C23H21F3N4O. The van der Waals surface area contributed by atoms with Gasteiger partial charge in [-0.1, -0.05) is 12.1 Å². The largest absolute Gasteiger partial charge is 0.416 e. The van der Waals surface area contributed by atoms with E-state index in [0.717, 1.165) is 23.3 Å². The van der Waals surface area contributed by atoms with Crippen LogP contribution in [0.25, 0.3) is 0 Å². The van der Waals surface area contributed by atoms with Crippen LogP contribution in [0.15, 0.2) is 54.9 Å². The Morgan fingerprint density at radius 2 is 1.94 bits per heavy atom. The first kappa shape index (κ1) is 20.8. The molecule has 1 aliphatic heterocycles. The number of amides is 1. The number of carbonyl (C=O) groups is 1. The monoisotopic (exact) mass is 426 g/mol. The van der Waals surface area contributed by atoms with Gasteiger partial charge in [0.2, 0.25) is 5.91 Å². The van der Waals surface area contributed by atoms with E-state index in [4.69, 9.17) is 0 Å². The molecule has 4 rings (SSSR count). The zero-order chi connectivity index (χ0) is 22.3. The maximum Gasteiger partial charge on any atom is 0.416 e. The average molecular weight is 426 g/mol. The minimum Gasteiger partial charge on any atom is -0.314 e. The number of hydrogen-bond donors (Lipinski definition) is 0. The summed E-state index contributed by atoms with van der Waals surface area (Å²) in [6.07, 6.45) is -0.984. The average Bonchev–Trinajstić information content (AvgIpc) is 3.11. The predicted octanol–water partition coefficient (Wildman–Crippen LogP) is 4.84. The Bertz CT molecular complexity index is 1150. The smallest absolute Gasteiger partial charge is 0.314 e. The van der Waals surface area contributed by atoms with E-state index in [1.165, 1.54) is 11.8 Å². The molecule has 1 atom stereocenters. The minimum atomic E-state index is -4.51. The van der Waals surface area contributed by atoms with E-state index in [0.29, 0.717) is 17.8 Å². The molecule has 0 N–H and O–H groups in total. The molecule has 0 spiro atoms. The van der Waals surface area contributed by atoms with Crippen LogP contribution in [0.1, 0.15) is 22.4 Å². The lowest BCUT2D eigenvalue weighted by Crippen LogP contribution is -2.44. The fourth-order valence-electron chi connectivity index (χ4n) is 3.89. The van der Waals surface area contributed by atoms with Crippen molar-refractivity contribution in [2.24, 2.45) is 0 Å². The fourth-order valence-corrected chi connectivity index (χ4v) is 3.89. The molecule has 1 amide bonds. The van der Waals surface area contributed by atoms with Crippen molar-refractivity contribution in [1.29, 1.82) is 0 Å². The molecule has 0 unspecified atom stereocenters. The topological polar surface area (TPSA) is 49.3 Å². The summed E-state index contributed by atoms with van der Waals surface area (Å²) in [4.78, 5) is 25.1. The van der Waals surface area contributed by atoms with Gasteiger partial charge in [-0.3, -0.25) is 9.78 Å². The zero-order valence-electron chi connectivity index (χ0n) is 17.3. The Labute approximate surface area is 178 Å². The first-order chi connectivity index (χ1) is 14.6. The third-order valence-electron chi connectivity index (χ3n) is 5.38. The van der Waals surface area contributed by atoms with Crippen molar-refractivity contribution >= 4 is 23.1 Å². The number of anilines is 3. The molecule has 160 valence electrons. The van der Waals surface area contributed by atoms with Gasteiger partial charge in [0.15, 0.2) is 0 Å². The number of alkyl halides is 3. The summed E-state index contributed by atoms with van der Waals surface area (Å²) < 4.78 is 40.3. The Morgan fingerprint density at radius 1 is 1.16 bits per heavy atom. The van der Waals surface area contributed by atoms with Crippen molar-refractivity contribution in [2.45, 2.75) is 32.5 Å². The van der Waals surface area contributed by atoms with Crippen LogP contribution < -0.4 is 9.80 Å². The van der Waals surface area contributed by atoms with Gasteiger partial charge in [0.1, 0.15) is 11.9 Å².